The summed E-state index contributed by atoms with van der Waals surface area (Å²) in [6.45, 7) is 8.92. The minimum absolute atomic E-state index is 0.968. The third kappa shape index (κ3) is 7.98. The molecule has 0 bridgehead atoms. The van der Waals surface area contributed by atoms with Crippen LogP contribution in [0.2, 0.25) is 0 Å². The molecule has 0 radical (unpaired) electrons. The molecule has 3 nitrogen and oxygen atoms in total. The van der Waals surface area contributed by atoms with Gasteiger partial charge < -0.3 is 15.1 Å². The second-order valence-electron chi connectivity index (χ2n) is 5.25. The van der Waals surface area contributed by atoms with Gasteiger partial charge in [-0.2, -0.15) is 0 Å². The number of nitrogens with zero attached hydrogens (tertiary/aromatic N) is 2. The van der Waals surface area contributed by atoms with Gasteiger partial charge in [0.1, 0.15) is 0 Å². The molecule has 0 saturated heterocycles. The van der Waals surface area contributed by atoms with Gasteiger partial charge in [-0.3, -0.25) is 0 Å². The maximum absolute atomic E-state index is 3.51. The van der Waals surface area contributed by atoms with Gasteiger partial charge in [-0.25, -0.2) is 0 Å². The van der Waals surface area contributed by atoms with Crippen molar-refractivity contribution in [1.29, 1.82) is 0 Å². The Kier molecular flexibility index (Phi) is 8.47. The van der Waals surface area contributed by atoms with Gasteiger partial charge >= 0.3 is 0 Å². The molecule has 1 rings (SSSR count). The average molecular weight is 263 g/mol. The summed E-state index contributed by atoms with van der Waals surface area (Å²) in [6.07, 6.45) is 1.25. The van der Waals surface area contributed by atoms with Crippen molar-refractivity contribution in [2.24, 2.45) is 0 Å². The highest BCUT2D eigenvalue weighted by Gasteiger charge is 2.02. The molecule has 19 heavy (non-hydrogen) atoms. The third-order valence-corrected chi connectivity index (χ3v) is 3.30. The summed E-state index contributed by atoms with van der Waals surface area (Å²) in [5, 5.41) is 3.51. The Bertz CT molecular complexity index is 311. The van der Waals surface area contributed by atoms with E-state index in [-0.39, 0.29) is 0 Å². The fourth-order valence-corrected chi connectivity index (χ4v) is 2.10. The largest absolute Gasteiger partial charge is 0.311 e. The molecule has 0 amide bonds. The minimum atomic E-state index is 0.968. The van der Waals surface area contributed by atoms with Crippen LogP contribution in [0.3, 0.4) is 0 Å². The van der Waals surface area contributed by atoms with Gasteiger partial charge in [0.2, 0.25) is 0 Å². The van der Waals surface area contributed by atoms with E-state index in [1.165, 1.54) is 25.1 Å². The normalized spacial score (nSPS) is 11.4. The van der Waals surface area contributed by atoms with Crippen LogP contribution in [0.5, 0.6) is 0 Å². The van der Waals surface area contributed by atoms with Gasteiger partial charge in [0.05, 0.1) is 0 Å². The lowest BCUT2D eigenvalue weighted by atomic mass is 10.2. The molecule has 0 heterocycles. The van der Waals surface area contributed by atoms with Crippen LogP contribution < -0.4 is 5.32 Å². The lowest BCUT2D eigenvalue weighted by Crippen LogP contribution is -2.33. The van der Waals surface area contributed by atoms with E-state index < -0.39 is 0 Å². The first-order chi connectivity index (χ1) is 9.22. The van der Waals surface area contributed by atoms with Crippen LogP contribution in [0, 0.1) is 0 Å². The summed E-state index contributed by atoms with van der Waals surface area (Å²) in [5.41, 5.74) is 1.36. The van der Waals surface area contributed by atoms with Crippen molar-refractivity contribution in [1.82, 2.24) is 15.1 Å². The van der Waals surface area contributed by atoms with E-state index in [0.29, 0.717) is 0 Å². The van der Waals surface area contributed by atoms with Crippen LogP contribution in [0.1, 0.15) is 18.9 Å². The SMILES string of the molecule is CCN(CCCN(C)C)CCNCc1ccccc1. The number of hydrogen-bond donors (Lipinski definition) is 1. The fraction of sp³-hybridized carbons (Fsp3) is 0.625. The zero-order valence-corrected chi connectivity index (χ0v) is 12.7. The maximum atomic E-state index is 3.51. The van der Waals surface area contributed by atoms with Gasteiger partial charge in [-0.05, 0) is 45.7 Å². The van der Waals surface area contributed by atoms with Crippen molar-refractivity contribution in [3.63, 3.8) is 0 Å². The van der Waals surface area contributed by atoms with Gasteiger partial charge in [0.15, 0.2) is 0 Å². The summed E-state index contributed by atoms with van der Waals surface area (Å²) in [7, 11) is 4.27. The summed E-state index contributed by atoms with van der Waals surface area (Å²) in [4.78, 5) is 4.77. The third-order valence-electron chi connectivity index (χ3n) is 3.30. The quantitative estimate of drug-likeness (QED) is 0.652. The van der Waals surface area contributed by atoms with Crippen molar-refractivity contribution in [2.45, 2.75) is 19.9 Å². The summed E-state index contributed by atoms with van der Waals surface area (Å²) < 4.78 is 0. The molecule has 0 aliphatic rings. The van der Waals surface area contributed by atoms with E-state index in [4.69, 9.17) is 0 Å². The average Bonchev–Trinajstić information content (AvgIpc) is 2.42. The van der Waals surface area contributed by atoms with Crippen molar-refractivity contribution in [3.8, 4) is 0 Å². The number of nitrogens with one attached hydrogen (secondary N) is 1. The summed E-state index contributed by atoms with van der Waals surface area (Å²) in [6, 6.07) is 10.6. The molecule has 1 aromatic rings. The Morgan fingerprint density at radius 2 is 1.74 bits per heavy atom. The Morgan fingerprint density at radius 3 is 2.37 bits per heavy atom. The fourth-order valence-electron chi connectivity index (χ4n) is 2.10. The van der Waals surface area contributed by atoms with Crippen molar-refractivity contribution in [2.75, 3.05) is 46.8 Å². The Morgan fingerprint density at radius 1 is 1.00 bits per heavy atom. The van der Waals surface area contributed by atoms with E-state index in [9.17, 15) is 0 Å². The number of rotatable bonds is 10. The molecule has 0 unspecified atom stereocenters. The molecule has 3 heteroatoms. The number of hydrogen-bond acceptors (Lipinski definition) is 3. The van der Waals surface area contributed by atoms with Crippen LogP contribution in [-0.4, -0.2) is 56.6 Å². The molecular formula is C16H29N3. The molecule has 0 aliphatic carbocycles. The van der Waals surface area contributed by atoms with E-state index in [2.05, 4.69) is 66.5 Å². The first-order valence-corrected chi connectivity index (χ1v) is 7.34. The smallest absolute Gasteiger partial charge is 0.0206 e. The first-order valence-electron chi connectivity index (χ1n) is 7.34. The van der Waals surface area contributed by atoms with Gasteiger partial charge in [0.25, 0.3) is 0 Å². The van der Waals surface area contributed by atoms with Gasteiger partial charge in [0, 0.05) is 19.6 Å². The minimum Gasteiger partial charge on any atom is -0.311 e. The molecule has 0 spiro atoms. The predicted octanol–water partition coefficient (Wildman–Crippen LogP) is 2.05. The van der Waals surface area contributed by atoms with Crippen molar-refractivity contribution < 1.29 is 0 Å². The highest BCUT2D eigenvalue weighted by atomic mass is 15.1. The zero-order chi connectivity index (χ0) is 13.9. The molecular weight excluding hydrogens is 234 g/mol. The topological polar surface area (TPSA) is 18.5 Å². The first kappa shape index (κ1) is 16.2. The van der Waals surface area contributed by atoms with E-state index in [1.807, 2.05) is 0 Å². The second-order valence-corrected chi connectivity index (χ2v) is 5.25. The molecule has 0 fully saturated rings. The van der Waals surface area contributed by atoms with Gasteiger partial charge in [-0.1, -0.05) is 37.3 Å². The van der Waals surface area contributed by atoms with Crippen molar-refractivity contribution >= 4 is 0 Å². The maximum Gasteiger partial charge on any atom is 0.0206 e. The number of likely N-dealkylation sites (N-methyl/N-ethyl adjacent to an activating group) is 1. The standard InChI is InChI=1S/C16H29N3/c1-4-19(13-8-12-18(2)3)14-11-17-15-16-9-6-5-7-10-16/h5-7,9-10,17H,4,8,11-15H2,1-3H3. The van der Waals surface area contributed by atoms with E-state index in [0.717, 1.165) is 26.2 Å². The Labute approximate surface area is 118 Å². The highest BCUT2D eigenvalue weighted by molar-refractivity contribution is 5.14. The van der Waals surface area contributed by atoms with Crippen LogP contribution in [-0.2, 0) is 6.54 Å². The van der Waals surface area contributed by atoms with E-state index in [1.54, 1.807) is 0 Å². The molecule has 0 aromatic heterocycles. The van der Waals surface area contributed by atoms with Crippen molar-refractivity contribution in [3.05, 3.63) is 35.9 Å². The Balaban J connectivity index is 2.09. The van der Waals surface area contributed by atoms with Crippen LogP contribution in [0.4, 0.5) is 0 Å². The van der Waals surface area contributed by atoms with Crippen LogP contribution in [0.25, 0.3) is 0 Å². The summed E-state index contributed by atoms with van der Waals surface area (Å²) in [5.74, 6) is 0. The molecule has 1 N–H and O–H groups in total. The van der Waals surface area contributed by atoms with Crippen LogP contribution in [0.15, 0.2) is 30.3 Å². The monoisotopic (exact) mass is 263 g/mol. The molecule has 0 saturated carbocycles. The molecule has 1 aromatic carbocycles. The molecule has 0 atom stereocenters. The predicted molar refractivity (Wildman–Crippen MR) is 83.4 cm³/mol. The highest BCUT2D eigenvalue weighted by Crippen LogP contribution is 1.97. The molecule has 108 valence electrons. The molecule has 0 aliphatic heterocycles. The second kappa shape index (κ2) is 9.96. The number of benzene rings is 1. The van der Waals surface area contributed by atoms with Gasteiger partial charge in [-0.15, -0.1) is 0 Å². The zero-order valence-electron chi connectivity index (χ0n) is 12.7. The lowest BCUT2D eigenvalue weighted by Gasteiger charge is -2.21. The summed E-state index contributed by atoms with van der Waals surface area (Å²) >= 11 is 0. The van der Waals surface area contributed by atoms with E-state index >= 15 is 0 Å². The lowest BCUT2D eigenvalue weighted by molar-refractivity contribution is 0.266. The van der Waals surface area contributed by atoms with Crippen LogP contribution >= 0.6 is 0 Å². The Hall–Kier alpha value is -0.900.